The highest BCUT2D eigenvalue weighted by Gasteiger charge is 2.30. The lowest BCUT2D eigenvalue weighted by molar-refractivity contribution is -0.0382. The fourth-order valence-electron chi connectivity index (χ4n) is 2.06. The first-order chi connectivity index (χ1) is 8.01. The van der Waals surface area contributed by atoms with E-state index in [1.54, 1.807) is 0 Å². The lowest BCUT2D eigenvalue weighted by Gasteiger charge is -2.34. The summed E-state index contributed by atoms with van der Waals surface area (Å²) in [6, 6.07) is 0.272. The van der Waals surface area contributed by atoms with Crippen molar-refractivity contribution < 1.29 is 4.74 Å². The molecule has 1 unspecified atom stereocenters. The molecule has 0 fully saturated rings. The number of hydrogen-bond acceptors (Lipinski definition) is 3. The van der Waals surface area contributed by atoms with Crippen molar-refractivity contribution in [2.75, 3.05) is 13.2 Å². The second-order valence-electron chi connectivity index (χ2n) is 4.81. The van der Waals surface area contributed by atoms with Crippen LogP contribution in [0.25, 0.3) is 0 Å². The van der Waals surface area contributed by atoms with Crippen LogP contribution in [-0.2, 0) is 18.2 Å². The Morgan fingerprint density at radius 1 is 1.47 bits per heavy atom. The average molecular weight is 239 g/mol. The van der Waals surface area contributed by atoms with Crippen LogP contribution in [0.4, 0.5) is 0 Å². The van der Waals surface area contributed by atoms with Gasteiger partial charge in [0, 0.05) is 38.5 Å². The molecule has 1 atom stereocenters. The molecule has 0 bridgehead atoms. The van der Waals surface area contributed by atoms with E-state index in [2.05, 4.69) is 35.6 Å². The van der Waals surface area contributed by atoms with Crippen molar-refractivity contribution in [2.45, 2.75) is 45.8 Å². The highest BCUT2D eigenvalue weighted by molar-refractivity contribution is 4.99. The van der Waals surface area contributed by atoms with Gasteiger partial charge >= 0.3 is 0 Å². The maximum Gasteiger partial charge on any atom is 0.110 e. The van der Waals surface area contributed by atoms with Crippen LogP contribution in [0.2, 0.25) is 0 Å². The number of likely N-dealkylation sites (N-methyl/N-ethyl adjacent to an activating group) is 1. The number of aromatic nitrogens is 2. The molecular formula is C13H25N3O. The Hall–Kier alpha value is -0.870. The van der Waals surface area contributed by atoms with Gasteiger partial charge in [0.05, 0.1) is 5.60 Å². The Kier molecular flexibility index (Phi) is 5.15. The molecule has 0 radical (unpaired) electrons. The molecule has 98 valence electrons. The molecule has 1 aromatic rings. The maximum atomic E-state index is 5.83. The van der Waals surface area contributed by atoms with Crippen LogP contribution in [0.5, 0.6) is 0 Å². The highest BCUT2D eigenvalue weighted by atomic mass is 16.5. The summed E-state index contributed by atoms with van der Waals surface area (Å²) in [6.07, 6.45) is 4.70. The summed E-state index contributed by atoms with van der Waals surface area (Å²) in [4.78, 5) is 4.38. The number of nitrogens with zero attached hydrogens (tertiary/aromatic N) is 2. The standard InChI is InChI=1S/C13H25N3O/c1-6-14-11(13(3,4)17-7-2)10-12-15-8-9-16(12)5/h8-9,11,14H,6-7,10H2,1-5H3. The van der Waals surface area contributed by atoms with E-state index in [9.17, 15) is 0 Å². The largest absolute Gasteiger partial charge is 0.374 e. The van der Waals surface area contributed by atoms with E-state index in [1.165, 1.54) is 0 Å². The lowest BCUT2D eigenvalue weighted by Crippen LogP contribution is -2.50. The molecule has 0 saturated heterocycles. The van der Waals surface area contributed by atoms with Gasteiger partial charge in [-0.25, -0.2) is 4.98 Å². The van der Waals surface area contributed by atoms with E-state index in [1.807, 2.05) is 26.4 Å². The summed E-state index contributed by atoms with van der Waals surface area (Å²) in [5.41, 5.74) is -0.184. The smallest absolute Gasteiger partial charge is 0.110 e. The number of ether oxygens (including phenoxy) is 1. The SMILES string of the molecule is CCNC(Cc1nccn1C)C(C)(C)OCC. The predicted molar refractivity (Wildman–Crippen MR) is 70.1 cm³/mol. The Morgan fingerprint density at radius 3 is 2.65 bits per heavy atom. The molecule has 1 aromatic heterocycles. The number of nitrogens with one attached hydrogen (secondary N) is 1. The Labute approximate surface area is 104 Å². The minimum atomic E-state index is -0.184. The summed E-state index contributed by atoms with van der Waals surface area (Å²) >= 11 is 0. The minimum Gasteiger partial charge on any atom is -0.374 e. The third-order valence-electron chi connectivity index (χ3n) is 3.11. The monoisotopic (exact) mass is 239 g/mol. The summed E-state index contributed by atoms with van der Waals surface area (Å²) < 4.78 is 7.90. The van der Waals surface area contributed by atoms with E-state index in [4.69, 9.17) is 4.74 Å². The summed E-state index contributed by atoms with van der Waals surface area (Å²) in [5.74, 6) is 1.09. The van der Waals surface area contributed by atoms with Gasteiger partial charge < -0.3 is 14.6 Å². The van der Waals surface area contributed by atoms with Crippen LogP contribution in [0.3, 0.4) is 0 Å². The van der Waals surface area contributed by atoms with E-state index < -0.39 is 0 Å². The molecular weight excluding hydrogens is 214 g/mol. The molecule has 0 aliphatic rings. The second-order valence-corrected chi connectivity index (χ2v) is 4.81. The quantitative estimate of drug-likeness (QED) is 0.788. The van der Waals surface area contributed by atoms with Crippen LogP contribution in [0.1, 0.15) is 33.5 Å². The Morgan fingerprint density at radius 2 is 2.18 bits per heavy atom. The first-order valence-corrected chi connectivity index (χ1v) is 6.34. The van der Waals surface area contributed by atoms with Gasteiger partial charge in [-0.15, -0.1) is 0 Å². The first-order valence-electron chi connectivity index (χ1n) is 6.34. The summed E-state index contributed by atoms with van der Waals surface area (Å²) in [5, 5.41) is 3.49. The normalized spacial score (nSPS) is 13.9. The second kappa shape index (κ2) is 6.17. The van der Waals surface area contributed by atoms with Gasteiger partial charge in [-0.2, -0.15) is 0 Å². The highest BCUT2D eigenvalue weighted by Crippen LogP contribution is 2.18. The molecule has 17 heavy (non-hydrogen) atoms. The number of aryl methyl sites for hydroxylation is 1. The molecule has 4 nitrogen and oxygen atoms in total. The fraction of sp³-hybridized carbons (Fsp3) is 0.769. The first kappa shape index (κ1) is 14.2. The Bertz CT molecular complexity index is 333. The van der Waals surface area contributed by atoms with Gasteiger partial charge in [-0.1, -0.05) is 6.92 Å². The minimum absolute atomic E-state index is 0.184. The molecule has 1 heterocycles. The Balaban J connectivity index is 2.75. The van der Waals surface area contributed by atoms with E-state index in [0.717, 1.165) is 25.4 Å². The number of imidazole rings is 1. The molecule has 0 saturated carbocycles. The van der Waals surface area contributed by atoms with Crippen molar-refractivity contribution >= 4 is 0 Å². The zero-order valence-electron chi connectivity index (χ0n) is 11.7. The fourth-order valence-corrected chi connectivity index (χ4v) is 2.06. The van der Waals surface area contributed by atoms with Gasteiger partial charge in [0.2, 0.25) is 0 Å². The van der Waals surface area contributed by atoms with Gasteiger partial charge in [0.1, 0.15) is 5.82 Å². The van der Waals surface area contributed by atoms with E-state index >= 15 is 0 Å². The molecule has 0 aliphatic heterocycles. The molecule has 0 spiro atoms. The topological polar surface area (TPSA) is 39.1 Å². The molecule has 0 aliphatic carbocycles. The number of rotatable bonds is 7. The van der Waals surface area contributed by atoms with Crippen LogP contribution in [0.15, 0.2) is 12.4 Å². The molecule has 0 amide bonds. The van der Waals surface area contributed by atoms with Gasteiger partial charge in [0.15, 0.2) is 0 Å². The van der Waals surface area contributed by atoms with Gasteiger partial charge in [-0.3, -0.25) is 0 Å². The molecule has 1 N–H and O–H groups in total. The van der Waals surface area contributed by atoms with Crippen molar-refractivity contribution in [3.05, 3.63) is 18.2 Å². The zero-order chi connectivity index (χ0) is 12.9. The maximum absolute atomic E-state index is 5.83. The number of hydrogen-bond donors (Lipinski definition) is 1. The van der Waals surface area contributed by atoms with Crippen molar-refractivity contribution in [1.29, 1.82) is 0 Å². The third-order valence-corrected chi connectivity index (χ3v) is 3.11. The van der Waals surface area contributed by atoms with E-state index in [0.29, 0.717) is 0 Å². The van der Waals surface area contributed by atoms with Gasteiger partial charge in [0.25, 0.3) is 0 Å². The van der Waals surface area contributed by atoms with Crippen molar-refractivity contribution in [3.8, 4) is 0 Å². The molecule has 0 aromatic carbocycles. The van der Waals surface area contributed by atoms with Crippen LogP contribution in [-0.4, -0.2) is 34.3 Å². The van der Waals surface area contributed by atoms with E-state index in [-0.39, 0.29) is 11.6 Å². The summed E-state index contributed by atoms with van der Waals surface area (Å²) in [7, 11) is 2.03. The van der Waals surface area contributed by atoms with Crippen LogP contribution < -0.4 is 5.32 Å². The zero-order valence-corrected chi connectivity index (χ0v) is 11.7. The molecule has 1 rings (SSSR count). The van der Waals surface area contributed by atoms with Crippen molar-refractivity contribution in [3.63, 3.8) is 0 Å². The summed E-state index contributed by atoms with van der Waals surface area (Å²) in [6.45, 7) is 10.1. The predicted octanol–water partition coefficient (Wildman–Crippen LogP) is 1.76. The third kappa shape index (κ3) is 3.82. The molecule has 4 heteroatoms. The van der Waals surface area contributed by atoms with Crippen LogP contribution in [0, 0.1) is 0 Å². The van der Waals surface area contributed by atoms with Gasteiger partial charge in [-0.05, 0) is 27.3 Å². The average Bonchev–Trinajstić information content (AvgIpc) is 2.64. The van der Waals surface area contributed by atoms with Crippen LogP contribution >= 0.6 is 0 Å². The van der Waals surface area contributed by atoms with Crippen molar-refractivity contribution in [1.82, 2.24) is 14.9 Å². The lowest BCUT2D eigenvalue weighted by atomic mass is 9.95. The van der Waals surface area contributed by atoms with Crippen molar-refractivity contribution in [2.24, 2.45) is 7.05 Å².